The van der Waals surface area contributed by atoms with Gasteiger partial charge < -0.3 is 15.4 Å². The Bertz CT molecular complexity index is 693. The van der Waals surface area contributed by atoms with Crippen molar-refractivity contribution in [3.63, 3.8) is 0 Å². The Balaban J connectivity index is 1.73. The molecule has 0 bridgehead atoms. The molecular formula is C17H24N6O. The highest BCUT2D eigenvalue weighted by Gasteiger charge is 2.24. The second-order valence-corrected chi connectivity index (χ2v) is 5.83. The van der Waals surface area contributed by atoms with Gasteiger partial charge in [-0.3, -0.25) is 4.90 Å². The molecule has 128 valence electrons. The molecule has 0 aliphatic carbocycles. The largest absolute Gasteiger partial charge is 0.373 e. The van der Waals surface area contributed by atoms with Gasteiger partial charge in [0, 0.05) is 51.6 Å². The highest BCUT2D eigenvalue weighted by molar-refractivity contribution is 5.43. The first-order chi connectivity index (χ1) is 11.7. The molecular weight excluding hydrogens is 304 g/mol. The van der Waals surface area contributed by atoms with Crippen LogP contribution in [0.2, 0.25) is 0 Å². The number of aromatic nitrogens is 3. The van der Waals surface area contributed by atoms with E-state index in [0.29, 0.717) is 6.61 Å². The summed E-state index contributed by atoms with van der Waals surface area (Å²) in [6, 6.07) is 6.04. The first kappa shape index (κ1) is 16.6. The average molecular weight is 328 g/mol. The van der Waals surface area contributed by atoms with Crippen molar-refractivity contribution >= 4 is 11.6 Å². The highest BCUT2D eigenvalue weighted by Crippen LogP contribution is 2.24. The van der Waals surface area contributed by atoms with Crippen molar-refractivity contribution in [1.29, 1.82) is 0 Å². The molecule has 0 saturated carbocycles. The molecule has 2 N–H and O–H groups in total. The smallest absolute Gasteiger partial charge is 0.130 e. The molecule has 1 aliphatic rings. The molecule has 7 nitrogen and oxygen atoms in total. The molecule has 0 amide bonds. The Morgan fingerprint density at radius 1 is 1.29 bits per heavy atom. The number of ether oxygens (including phenoxy) is 1. The molecule has 2 aromatic rings. The van der Waals surface area contributed by atoms with E-state index in [1.54, 1.807) is 6.20 Å². The summed E-state index contributed by atoms with van der Waals surface area (Å²) < 4.78 is 5.95. The summed E-state index contributed by atoms with van der Waals surface area (Å²) in [7, 11) is 3.76. The van der Waals surface area contributed by atoms with Crippen molar-refractivity contribution < 1.29 is 4.74 Å². The number of morpholine rings is 1. The third kappa shape index (κ3) is 3.80. The third-order valence-electron chi connectivity index (χ3n) is 4.12. The predicted molar refractivity (Wildman–Crippen MR) is 94.1 cm³/mol. The molecule has 2 aromatic heterocycles. The van der Waals surface area contributed by atoms with Crippen molar-refractivity contribution in [2.24, 2.45) is 0 Å². The van der Waals surface area contributed by atoms with Crippen LogP contribution in [0.3, 0.4) is 0 Å². The number of nitrogens with one attached hydrogen (secondary N) is 2. The van der Waals surface area contributed by atoms with E-state index < -0.39 is 0 Å². The number of hydrogen-bond donors (Lipinski definition) is 2. The first-order valence-corrected chi connectivity index (χ1v) is 8.18. The zero-order valence-electron chi connectivity index (χ0n) is 14.4. The second kappa shape index (κ2) is 7.55. The minimum absolute atomic E-state index is 0.0396. The lowest BCUT2D eigenvalue weighted by molar-refractivity contribution is -0.0350. The number of pyridine rings is 1. The fourth-order valence-electron chi connectivity index (χ4n) is 2.94. The van der Waals surface area contributed by atoms with Crippen LogP contribution in [-0.2, 0) is 11.3 Å². The summed E-state index contributed by atoms with van der Waals surface area (Å²) in [4.78, 5) is 15.7. The number of aryl methyl sites for hydroxylation is 1. The van der Waals surface area contributed by atoms with Crippen LogP contribution in [0.4, 0.5) is 11.6 Å². The fourth-order valence-corrected chi connectivity index (χ4v) is 2.94. The minimum atomic E-state index is -0.0396. The van der Waals surface area contributed by atoms with Crippen molar-refractivity contribution in [2.45, 2.75) is 19.6 Å². The Kier molecular flexibility index (Phi) is 5.22. The summed E-state index contributed by atoms with van der Waals surface area (Å²) in [6.07, 6.45) is 1.77. The lowest BCUT2D eigenvalue weighted by atomic mass is 10.1. The van der Waals surface area contributed by atoms with Gasteiger partial charge in [-0.1, -0.05) is 6.07 Å². The van der Waals surface area contributed by atoms with Crippen molar-refractivity contribution in [2.75, 3.05) is 44.4 Å². The molecule has 1 fully saturated rings. The maximum Gasteiger partial charge on any atom is 0.130 e. The Labute approximate surface area is 142 Å². The molecule has 1 saturated heterocycles. The van der Waals surface area contributed by atoms with E-state index in [1.165, 1.54) is 5.56 Å². The topological polar surface area (TPSA) is 75.2 Å². The molecule has 1 aliphatic heterocycles. The lowest BCUT2D eigenvalue weighted by Gasteiger charge is -2.33. The van der Waals surface area contributed by atoms with Gasteiger partial charge in [0.25, 0.3) is 0 Å². The maximum absolute atomic E-state index is 5.95. The summed E-state index contributed by atoms with van der Waals surface area (Å²) >= 11 is 0. The van der Waals surface area contributed by atoms with Gasteiger partial charge >= 0.3 is 0 Å². The first-order valence-electron chi connectivity index (χ1n) is 8.18. The van der Waals surface area contributed by atoms with Crippen LogP contribution in [0.5, 0.6) is 0 Å². The third-order valence-corrected chi connectivity index (χ3v) is 4.12. The van der Waals surface area contributed by atoms with Gasteiger partial charge in [0.15, 0.2) is 0 Å². The standard InChI is InChI=1S/C17H24N6O/c1-12-21-14(9-16(18-2)22-12)15-11-23(7-8-24-15)10-13-5-4-6-20-17(13)19-3/h4-6,9,15H,7-8,10-11H2,1-3H3,(H,19,20)(H,18,21,22). The van der Waals surface area contributed by atoms with E-state index in [-0.39, 0.29) is 6.10 Å². The number of rotatable bonds is 5. The van der Waals surface area contributed by atoms with E-state index >= 15 is 0 Å². The zero-order valence-corrected chi connectivity index (χ0v) is 14.4. The van der Waals surface area contributed by atoms with Gasteiger partial charge in [-0.05, 0) is 13.0 Å². The van der Waals surface area contributed by atoms with Crippen LogP contribution >= 0.6 is 0 Å². The molecule has 24 heavy (non-hydrogen) atoms. The number of nitrogens with zero attached hydrogens (tertiary/aromatic N) is 4. The van der Waals surface area contributed by atoms with Crippen LogP contribution < -0.4 is 10.6 Å². The minimum Gasteiger partial charge on any atom is -0.373 e. The van der Waals surface area contributed by atoms with Crippen molar-refractivity contribution in [3.05, 3.63) is 41.5 Å². The Hall–Kier alpha value is -2.25. The van der Waals surface area contributed by atoms with E-state index in [4.69, 9.17) is 4.74 Å². The SMILES string of the molecule is CNc1cc(C2CN(Cc3cccnc3NC)CCO2)nc(C)n1. The highest BCUT2D eigenvalue weighted by atomic mass is 16.5. The number of hydrogen-bond acceptors (Lipinski definition) is 7. The summed E-state index contributed by atoms with van der Waals surface area (Å²) in [5.41, 5.74) is 2.12. The van der Waals surface area contributed by atoms with Gasteiger partial charge in [-0.15, -0.1) is 0 Å². The van der Waals surface area contributed by atoms with Crippen molar-refractivity contribution in [1.82, 2.24) is 19.9 Å². The molecule has 1 unspecified atom stereocenters. The number of anilines is 2. The fraction of sp³-hybridized carbons (Fsp3) is 0.471. The van der Waals surface area contributed by atoms with Crippen LogP contribution in [-0.4, -0.2) is 53.6 Å². The van der Waals surface area contributed by atoms with Gasteiger partial charge in [-0.2, -0.15) is 0 Å². The van der Waals surface area contributed by atoms with Crippen LogP contribution in [0, 0.1) is 6.92 Å². The Morgan fingerprint density at radius 3 is 2.96 bits per heavy atom. The Morgan fingerprint density at radius 2 is 2.17 bits per heavy atom. The van der Waals surface area contributed by atoms with Gasteiger partial charge in [-0.25, -0.2) is 15.0 Å². The summed E-state index contributed by atoms with van der Waals surface area (Å²) in [5.74, 6) is 2.50. The summed E-state index contributed by atoms with van der Waals surface area (Å²) in [6.45, 7) is 5.14. The van der Waals surface area contributed by atoms with Gasteiger partial charge in [0.05, 0.1) is 12.3 Å². The second-order valence-electron chi connectivity index (χ2n) is 5.83. The maximum atomic E-state index is 5.95. The van der Waals surface area contributed by atoms with Crippen LogP contribution in [0.1, 0.15) is 23.2 Å². The van der Waals surface area contributed by atoms with Crippen molar-refractivity contribution in [3.8, 4) is 0 Å². The van der Waals surface area contributed by atoms with Crippen LogP contribution in [0.25, 0.3) is 0 Å². The molecule has 3 rings (SSSR count). The summed E-state index contributed by atoms with van der Waals surface area (Å²) in [5, 5.41) is 6.23. The molecule has 0 aromatic carbocycles. The van der Waals surface area contributed by atoms with Gasteiger partial charge in [0.2, 0.25) is 0 Å². The zero-order chi connectivity index (χ0) is 16.9. The van der Waals surface area contributed by atoms with Gasteiger partial charge in [0.1, 0.15) is 23.6 Å². The predicted octanol–water partition coefficient (Wildman–Crippen LogP) is 1.84. The van der Waals surface area contributed by atoms with E-state index in [1.807, 2.05) is 33.2 Å². The molecule has 0 spiro atoms. The van der Waals surface area contributed by atoms with Crippen LogP contribution in [0.15, 0.2) is 24.4 Å². The molecule has 1 atom stereocenters. The van der Waals surface area contributed by atoms with E-state index in [9.17, 15) is 0 Å². The average Bonchev–Trinajstić information content (AvgIpc) is 2.62. The monoisotopic (exact) mass is 328 g/mol. The normalized spacial score (nSPS) is 18.4. The quantitative estimate of drug-likeness (QED) is 0.867. The molecule has 7 heteroatoms. The van der Waals surface area contributed by atoms with E-state index in [0.717, 1.165) is 42.8 Å². The van der Waals surface area contributed by atoms with E-state index in [2.05, 4.69) is 36.6 Å². The molecule has 0 radical (unpaired) electrons. The lowest BCUT2D eigenvalue weighted by Crippen LogP contribution is -2.38. The molecule has 3 heterocycles.